The lowest BCUT2D eigenvalue weighted by Crippen LogP contribution is -2.09. The molecule has 0 bridgehead atoms. The molecule has 1 rings (SSSR count). The van der Waals surface area contributed by atoms with Gasteiger partial charge >= 0.3 is 6.01 Å². The summed E-state index contributed by atoms with van der Waals surface area (Å²) in [5.74, 6) is 0.621. The van der Waals surface area contributed by atoms with E-state index in [1.54, 1.807) is 6.92 Å². The Balaban J connectivity index is 2.71. The first-order valence-corrected chi connectivity index (χ1v) is 3.44. The summed E-state index contributed by atoms with van der Waals surface area (Å²) < 4.78 is 5.20. The second kappa shape index (κ2) is 3.27. The summed E-state index contributed by atoms with van der Waals surface area (Å²) >= 11 is 0. The maximum atomic E-state index is 5.20. The molecule has 1 aromatic heterocycles. The quantitative estimate of drug-likeness (QED) is 0.628. The molecular formula is C7H10N3O. The Hall–Kier alpha value is -1.19. The van der Waals surface area contributed by atoms with Crippen molar-refractivity contribution in [3.63, 3.8) is 0 Å². The van der Waals surface area contributed by atoms with Crippen molar-refractivity contribution in [3.05, 3.63) is 12.2 Å². The Morgan fingerprint density at radius 2 is 2.09 bits per heavy atom. The van der Waals surface area contributed by atoms with Gasteiger partial charge in [-0.3, -0.25) is 0 Å². The zero-order chi connectivity index (χ0) is 8.27. The maximum absolute atomic E-state index is 5.20. The Morgan fingerprint density at radius 3 is 2.64 bits per heavy atom. The Labute approximate surface area is 65.7 Å². The van der Waals surface area contributed by atoms with Crippen molar-refractivity contribution in [2.45, 2.75) is 26.9 Å². The van der Waals surface area contributed by atoms with Crippen LogP contribution in [-0.2, 0) is 0 Å². The molecule has 0 aromatic carbocycles. The molecule has 11 heavy (non-hydrogen) atoms. The molecule has 0 aliphatic heterocycles. The second-order valence-corrected chi connectivity index (χ2v) is 2.43. The van der Waals surface area contributed by atoms with E-state index in [1.807, 2.05) is 13.8 Å². The summed E-state index contributed by atoms with van der Waals surface area (Å²) in [6.07, 6.45) is 2.54. The van der Waals surface area contributed by atoms with E-state index in [0.717, 1.165) is 0 Å². The highest BCUT2D eigenvalue weighted by atomic mass is 16.5. The average Bonchev–Trinajstić information content (AvgIpc) is 1.85. The minimum absolute atomic E-state index is 0.0881. The Bertz CT molecular complexity index is 237. The van der Waals surface area contributed by atoms with Crippen LogP contribution in [0.3, 0.4) is 0 Å². The predicted octanol–water partition coefficient (Wildman–Crippen LogP) is 0.767. The van der Waals surface area contributed by atoms with Gasteiger partial charge < -0.3 is 4.74 Å². The average molecular weight is 152 g/mol. The van der Waals surface area contributed by atoms with Crippen LogP contribution in [0, 0.1) is 13.3 Å². The normalized spacial score (nSPS) is 10.2. The highest BCUT2D eigenvalue weighted by Crippen LogP contribution is 2.01. The van der Waals surface area contributed by atoms with E-state index in [-0.39, 0.29) is 6.10 Å². The van der Waals surface area contributed by atoms with Crippen LogP contribution in [0.1, 0.15) is 19.7 Å². The van der Waals surface area contributed by atoms with Crippen molar-refractivity contribution < 1.29 is 4.74 Å². The van der Waals surface area contributed by atoms with Crippen molar-refractivity contribution in [1.82, 2.24) is 15.0 Å². The smallest absolute Gasteiger partial charge is 0.320 e. The van der Waals surface area contributed by atoms with Gasteiger partial charge in [0, 0.05) is 0 Å². The fourth-order valence-corrected chi connectivity index (χ4v) is 0.592. The van der Waals surface area contributed by atoms with E-state index >= 15 is 0 Å². The van der Waals surface area contributed by atoms with E-state index in [1.165, 1.54) is 0 Å². The van der Waals surface area contributed by atoms with Gasteiger partial charge in [-0.25, -0.2) is 4.98 Å². The zero-order valence-electron chi connectivity index (χ0n) is 6.83. The summed E-state index contributed by atoms with van der Waals surface area (Å²) in [7, 11) is 0. The molecule has 0 aliphatic carbocycles. The van der Waals surface area contributed by atoms with Crippen LogP contribution in [0.25, 0.3) is 0 Å². The summed E-state index contributed by atoms with van der Waals surface area (Å²) in [4.78, 5) is 11.4. The van der Waals surface area contributed by atoms with Gasteiger partial charge in [0.05, 0.1) is 6.10 Å². The van der Waals surface area contributed by atoms with Gasteiger partial charge in [-0.15, -0.1) is 0 Å². The number of rotatable bonds is 2. The number of nitrogens with zero attached hydrogens (tertiary/aromatic N) is 3. The molecule has 0 fully saturated rings. The largest absolute Gasteiger partial charge is 0.461 e. The fraction of sp³-hybridized carbons (Fsp3) is 0.571. The molecule has 1 heterocycles. The predicted molar refractivity (Wildman–Crippen MR) is 39.2 cm³/mol. The number of aryl methyl sites for hydroxylation is 1. The van der Waals surface area contributed by atoms with Crippen molar-refractivity contribution in [2.24, 2.45) is 0 Å². The number of hydrogen-bond donors (Lipinski definition) is 0. The third kappa shape index (κ3) is 2.49. The maximum Gasteiger partial charge on any atom is 0.320 e. The van der Waals surface area contributed by atoms with Crippen LogP contribution in [0.2, 0.25) is 0 Å². The van der Waals surface area contributed by atoms with Gasteiger partial charge in [0.1, 0.15) is 5.82 Å². The lowest BCUT2D eigenvalue weighted by atomic mass is 10.5. The van der Waals surface area contributed by atoms with Gasteiger partial charge in [0.2, 0.25) is 6.33 Å². The second-order valence-electron chi connectivity index (χ2n) is 2.43. The summed E-state index contributed by atoms with van der Waals surface area (Å²) in [5, 5.41) is 0. The highest BCUT2D eigenvalue weighted by molar-refractivity contribution is 4.92. The van der Waals surface area contributed by atoms with Gasteiger partial charge in [-0.2, -0.15) is 9.97 Å². The van der Waals surface area contributed by atoms with Crippen molar-refractivity contribution in [2.75, 3.05) is 0 Å². The van der Waals surface area contributed by atoms with Crippen LogP contribution in [0.4, 0.5) is 0 Å². The number of ether oxygens (including phenoxy) is 1. The minimum Gasteiger partial charge on any atom is -0.461 e. The Morgan fingerprint density at radius 1 is 1.36 bits per heavy atom. The van der Waals surface area contributed by atoms with Crippen molar-refractivity contribution in [3.8, 4) is 6.01 Å². The first-order valence-electron chi connectivity index (χ1n) is 3.44. The van der Waals surface area contributed by atoms with Crippen LogP contribution >= 0.6 is 0 Å². The van der Waals surface area contributed by atoms with E-state index in [0.29, 0.717) is 11.8 Å². The van der Waals surface area contributed by atoms with Crippen molar-refractivity contribution >= 4 is 0 Å². The van der Waals surface area contributed by atoms with E-state index in [9.17, 15) is 0 Å². The molecule has 0 amide bonds. The molecule has 59 valence electrons. The topological polar surface area (TPSA) is 47.9 Å². The monoisotopic (exact) mass is 152 g/mol. The highest BCUT2D eigenvalue weighted by Gasteiger charge is 2.00. The molecule has 1 aromatic rings. The molecule has 1 radical (unpaired) electrons. The van der Waals surface area contributed by atoms with Gasteiger partial charge in [-0.05, 0) is 20.8 Å². The van der Waals surface area contributed by atoms with Gasteiger partial charge in [0.15, 0.2) is 0 Å². The standard InChI is InChI=1S/C7H10N3O/c1-5(2)11-7-9-4-8-6(3)10-7/h5H,1-3H3. The van der Waals surface area contributed by atoms with Gasteiger partial charge in [0.25, 0.3) is 0 Å². The summed E-state index contributed by atoms with van der Waals surface area (Å²) in [6.45, 7) is 5.60. The van der Waals surface area contributed by atoms with Crippen LogP contribution in [-0.4, -0.2) is 21.1 Å². The number of aromatic nitrogens is 3. The molecule has 0 unspecified atom stereocenters. The minimum atomic E-state index is 0.0881. The molecule has 4 heteroatoms. The first kappa shape index (κ1) is 7.91. The van der Waals surface area contributed by atoms with E-state index in [4.69, 9.17) is 4.74 Å². The summed E-state index contributed by atoms with van der Waals surface area (Å²) in [6, 6.07) is 0.340. The third-order valence-corrected chi connectivity index (χ3v) is 0.956. The zero-order valence-corrected chi connectivity index (χ0v) is 6.83. The number of hydrogen-bond acceptors (Lipinski definition) is 4. The van der Waals surface area contributed by atoms with Crippen LogP contribution in [0.15, 0.2) is 0 Å². The van der Waals surface area contributed by atoms with Crippen LogP contribution < -0.4 is 4.74 Å². The Kier molecular flexibility index (Phi) is 2.36. The SMILES string of the molecule is Cc1n[c]nc(OC(C)C)n1. The molecular weight excluding hydrogens is 142 g/mol. The first-order chi connectivity index (χ1) is 5.18. The molecule has 0 saturated carbocycles. The van der Waals surface area contributed by atoms with Crippen LogP contribution in [0.5, 0.6) is 6.01 Å². The van der Waals surface area contributed by atoms with Crippen molar-refractivity contribution in [1.29, 1.82) is 0 Å². The lowest BCUT2D eigenvalue weighted by Gasteiger charge is -2.05. The molecule has 0 N–H and O–H groups in total. The van der Waals surface area contributed by atoms with Gasteiger partial charge in [-0.1, -0.05) is 0 Å². The molecule has 0 spiro atoms. The van der Waals surface area contributed by atoms with E-state index in [2.05, 4.69) is 21.3 Å². The summed E-state index contributed by atoms with van der Waals surface area (Å²) in [5.41, 5.74) is 0. The molecule has 4 nitrogen and oxygen atoms in total. The van der Waals surface area contributed by atoms with E-state index < -0.39 is 0 Å². The molecule has 0 saturated heterocycles. The third-order valence-electron chi connectivity index (χ3n) is 0.956. The molecule has 0 aliphatic rings. The molecule has 0 atom stereocenters. The fourth-order valence-electron chi connectivity index (χ4n) is 0.592. The lowest BCUT2D eigenvalue weighted by molar-refractivity contribution is 0.220.